The molecule has 0 spiro atoms. The van der Waals surface area contributed by atoms with Gasteiger partial charge in [-0.1, -0.05) is 12.2 Å². The largest absolute Gasteiger partial charge is 0.330 e. The van der Waals surface area contributed by atoms with Crippen LogP contribution >= 0.6 is 0 Å². The van der Waals surface area contributed by atoms with E-state index < -0.39 is 4.92 Å². The van der Waals surface area contributed by atoms with Crippen LogP contribution in [-0.4, -0.2) is 16.5 Å². The van der Waals surface area contributed by atoms with Gasteiger partial charge >= 0.3 is 0 Å². The van der Waals surface area contributed by atoms with Gasteiger partial charge in [0.1, 0.15) is 0 Å². The first-order valence-electron chi connectivity index (χ1n) is 5.63. The summed E-state index contributed by atoms with van der Waals surface area (Å²) in [5.41, 5.74) is 7.00. The van der Waals surface area contributed by atoms with Gasteiger partial charge < -0.3 is 5.73 Å². The Bertz CT molecular complexity index is 608. The SMILES string of the molecule is NCCC=Cc1ccc([N+](=O)[O-])c2cccnc12. The number of hydrogen-bond acceptors (Lipinski definition) is 4. The van der Waals surface area contributed by atoms with Crippen LogP contribution in [0.15, 0.2) is 36.5 Å². The van der Waals surface area contributed by atoms with E-state index in [9.17, 15) is 10.1 Å². The second-order valence-electron chi connectivity index (χ2n) is 3.81. The van der Waals surface area contributed by atoms with Gasteiger partial charge in [-0.15, -0.1) is 0 Å². The summed E-state index contributed by atoms with van der Waals surface area (Å²) in [7, 11) is 0. The van der Waals surface area contributed by atoms with E-state index in [1.54, 1.807) is 24.4 Å². The van der Waals surface area contributed by atoms with Crippen molar-refractivity contribution >= 4 is 22.7 Å². The quantitative estimate of drug-likeness (QED) is 0.660. The second kappa shape index (κ2) is 5.37. The summed E-state index contributed by atoms with van der Waals surface area (Å²) < 4.78 is 0. The summed E-state index contributed by atoms with van der Waals surface area (Å²) in [5, 5.41) is 11.5. The highest BCUT2D eigenvalue weighted by molar-refractivity contribution is 5.93. The Labute approximate surface area is 104 Å². The Morgan fingerprint density at radius 3 is 2.94 bits per heavy atom. The third kappa shape index (κ3) is 2.36. The molecule has 0 amide bonds. The van der Waals surface area contributed by atoms with Crippen LogP contribution in [0.25, 0.3) is 17.0 Å². The molecule has 0 saturated carbocycles. The average Bonchev–Trinajstić information content (AvgIpc) is 2.38. The number of hydrogen-bond donors (Lipinski definition) is 1. The average molecular weight is 243 g/mol. The summed E-state index contributed by atoms with van der Waals surface area (Å²) in [5.74, 6) is 0. The van der Waals surface area contributed by atoms with Crippen LogP contribution in [0, 0.1) is 10.1 Å². The fourth-order valence-corrected chi connectivity index (χ4v) is 1.78. The van der Waals surface area contributed by atoms with Gasteiger partial charge in [-0.2, -0.15) is 0 Å². The predicted molar refractivity (Wildman–Crippen MR) is 71.1 cm³/mol. The summed E-state index contributed by atoms with van der Waals surface area (Å²) >= 11 is 0. The fraction of sp³-hybridized carbons (Fsp3) is 0.154. The molecule has 5 heteroatoms. The Kier molecular flexibility index (Phi) is 3.64. The van der Waals surface area contributed by atoms with Gasteiger partial charge in [0, 0.05) is 17.8 Å². The molecule has 5 nitrogen and oxygen atoms in total. The van der Waals surface area contributed by atoms with Gasteiger partial charge in [0.25, 0.3) is 5.69 Å². The number of pyridine rings is 1. The zero-order valence-electron chi connectivity index (χ0n) is 9.74. The van der Waals surface area contributed by atoms with Crippen LogP contribution in [0.4, 0.5) is 5.69 Å². The van der Waals surface area contributed by atoms with E-state index in [1.807, 2.05) is 12.2 Å². The molecule has 92 valence electrons. The van der Waals surface area contributed by atoms with Crippen molar-refractivity contribution in [2.24, 2.45) is 5.73 Å². The van der Waals surface area contributed by atoms with Crippen molar-refractivity contribution in [3.05, 3.63) is 52.2 Å². The van der Waals surface area contributed by atoms with Gasteiger partial charge in [-0.05, 0) is 31.2 Å². The van der Waals surface area contributed by atoms with Crippen LogP contribution in [0.1, 0.15) is 12.0 Å². The lowest BCUT2D eigenvalue weighted by atomic mass is 10.1. The van der Waals surface area contributed by atoms with E-state index in [0.717, 1.165) is 12.0 Å². The summed E-state index contributed by atoms with van der Waals surface area (Å²) in [4.78, 5) is 14.8. The van der Waals surface area contributed by atoms with E-state index in [0.29, 0.717) is 17.4 Å². The predicted octanol–water partition coefficient (Wildman–Crippen LogP) is 2.51. The van der Waals surface area contributed by atoms with E-state index in [4.69, 9.17) is 5.73 Å². The van der Waals surface area contributed by atoms with Crippen molar-refractivity contribution in [3.8, 4) is 0 Å². The molecule has 0 bridgehead atoms. The number of non-ortho nitro benzene ring substituents is 1. The van der Waals surface area contributed by atoms with Crippen LogP contribution in [0.5, 0.6) is 0 Å². The van der Waals surface area contributed by atoms with E-state index in [2.05, 4.69) is 4.98 Å². The molecule has 0 fully saturated rings. The molecule has 0 aliphatic carbocycles. The van der Waals surface area contributed by atoms with Crippen molar-refractivity contribution in [3.63, 3.8) is 0 Å². The lowest BCUT2D eigenvalue weighted by molar-refractivity contribution is -0.383. The molecule has 0 atom stereocenters. The number of rotatable bonds is 4. The van der Waals surface area contributed by atoms with Gasteiger partial charge in [0.05, 0.1) is 15.8 Å². The molecular formula is C13H13N3O2. The zero-order valence-corrected chi connectivity index (χ0v) is 9.74. The van der Waals surface area contributed by atoms with Crippen molar-refractivity contribution in [1.82, 2.24) is 4.98 Å². The molecule has 0 aliphatic rings. The van der Waals surface area contributed by atoms with Crippen LogP contribution in [0.3, 0.4) is 0 Å². The molecule has 0 aliphatic heterocycles. The lowest BCUT2D eigenvalue weighted by Gasteiger charge is -2.02. The van der Waals surface area contributed by atoms with Crippen molar-refractivity contribution in [2.45, 2.75) is 6.42 Å². The van der Waals surface area contributed by atoms with Crippen LogP contribution in [-0.2, 0) is 0 Å². The number of nitro groups is 1. The Morgan fingerprint density at radius 2 is 2.22 bits per heavy atom. The molecule has 1 aromatic heterocycles. The standard InChI is InChI=1S/C13H13N3O2/c14-8-2-1-4-10-6-7-12(16(17)18)11-5-3-9-15-13(10)11/h1,3-7,9H,2,8,14H2. The van der Waals surface area contributed by atoms with E-state index in [1.165, 1.54) is 6.07 Å². The minimum absolute atomic E-state index is 0.0778. The van der Waals surface area contributed by atoms with E-state index >= 15 is 0 Å². The molecule has 2 aromatic rings. The molecule has 0 unspecified atom stereocenters. The Hall–Kier alpha value is -2.27. The Balaban J connectivity index is 2.57. The van der Waals surface area contributed by atoms with E-state index in [-0.39, 0.29) is 5.69 Å². The first-order chi connectivity index (χ1) is 8.74. The Morgan fingerprint density at radius 1 is 1.39 bits per heavy atom. The minimum Gasteiger partial charge on any atom is -0.330 e. The smallest absolute Gasteiger partial charge is 0.278 e. The van der Waals surface area contributed by atoms with Crippen LogP contribution < -0.4 is 5.73 Å². The molecule has 1 heterocycles. The number of nitrogens with two attached hydrogens (primary N) is 1. The third-order valence-corrected chi connectivity index (χ3v) is 2.61. The van der Waals surface area contributed by atoms with Gasteiger partial charge in [0.2, 0.25) is 0 Å². The van der Waals surface area contributed by atoms with Crippen molar-refractivity contribution in [2.75, 3.05) is 6.54 Å². The molecule has 2 rings (SSSR count). The molecule has 1 aromatic carbocycles. The maximum Gasteiger partial charge on any atom is 0.278 e. The third-order valence-electron chi connectivity index (χ3n) is 2.61. The molecule has 18 heavy (non-hydrogen) atoms. The summed E-state index contributed by atoms with van der Waals surface area (Å²) in [6.45, 7) is 0.578. The normalized spacial score (nSPS) is 11.2. The maximum absolute atomic E-state index is 10.9. The number of nitro benzene ring substituents is 1. The molecule has 2 N–H and O–H groups in total. The lowest BCUT2D eigenvalue weighted by Crippen LogP contribution is -1.95. The van der Waals surface area contributed by atoms with Gasteiger partial charge in [-0.25, -0.2) is 0 Å². The summed E-state index contributed by atoms with van der Waals surface area (Å²) in [6.07, 6.45) is 6.23. The number of nitrogens with zero attached hydrogens (tertiary/aromatic N) is 2. The monoisotopic (exact) mass is 243 g/mol. The fourth-order valence-electron chi connectivity index (χ4n) is 1.78. The maximum atomic E-state index is 10.9. The molecule has 0 radical (unpaired) electrons. The van der Waals surface area contributed by atoms with Crippen molar-refractivity contribution in [1.29, 1.82) is 0 Å². The van der Waals surface area contributed by atoms with Crippen molar-refractivity contribution < 1.29 is 4.92 Å². The molecule has 0 saturated heterocycles. The minimum atomic E-state index is -0.391. The topological polar surface area (TPSA) is 82.0 Å². The number of benzene rings is 1. The zero-order chi connectivity index (χ0) is 13.0. The van der Waals surface area contributed by atoms with Crippen LogP contribution in [0.2, 0.25) is 0 Å². The highest BCUT2D eigenvalue weighted by atomic mass is 16.6. The second-order valence-corrected chi connectivity index (χ2v) is 3.81. The van der Waals surface area contributed by atoms with Gasteiger partial charge in [-0.3, -0.25) is 15.1 Å². The summed E-state index contributed by atoms with van der Waals surface area (Å²) in [6, 6.07) is 6.62. The first kappa shape index (κ1) is 12.2. The highest BCUT2D eigenvalue weighted by Gasteiger charge is 2.13. The first-order valence-corrected chi connectivity index (χ1v) is 5.63. The number of fused-ring (bicyclic) bond motifs is 1. The number of aromatic nitrogens is 1. The highest BCUT2D eigenvalue weighted by Crippen LogP contribution is 2.27. The van der Waals surface area contributed by atoms with Gasteiger partial charge in [0.15, 0.2) is 0 Å². The molecular weight excluding hydrogens is 230 g/mol.